The van der Waals surface area contributed by atoms with E-state index < -0.39 is 11.9 Å². The van der Waals surface area contributed by atoms with Gasteiger partial charge in [-0.2, -0.15) is 11.8 Å². The quantitative estimate of drug-likeness (QED) is 0.201. The second-order valence-electron chi connectivity index (χ2n) is 11.1. The van der Waals surface area contributed by atoms with Crippen molar-refractivity contribution in [3.8, 4) is 11.1 Å². The summed E-state index contributed by atoms with van der Waals surface area (Å²) in [4.78, 5) is 24.7. The number of carbonyl (C=O) groups is 2. The lowest BCUT2D eigenvalue weighted by Gasteiger charge is -2.24. The molecule has 0 radical (unpaired) electrons. The van der Waals surface area contributed by atoms with Crippen molar-refractivity contribution >= 4 is 45.5 Å². The minimum absolute atomic E-state index is 0.0280. The van der Waals surface area contributed by atoms with Crippen LogP contribution in [0.1, 0.15) is 54.7 Å². The van der Waals surface area contributed by atoms with Crippen LogP contribution in [0.5, 0.6) is 0 Å². The predicted octanol–water partition coefficient (Wildman–Crippen LogP) is 8.74. The Labute approximate surface area is 233 Å². The molecule has 0 saturated heterocycles. The number of carbonyl (C=O) groups excluding carboxylic acids is 1. The summed E-state index contributed by atoms with van der Waals surface area (Å²) in [6.45, 7) is 8.19. The third-order valence-electron chi connectivity index (χ3n) is 7.03. The second-order valence-corrected chi connectivity index (χ2v) is 12.1. The molecule has 0 aliphatic rings. The van der Waals surface area contributed by atoms with Crippen LogP contribution in [0, 0.1) is 5.92 Å². The van der Waals surface area contributed by atoms with Crippen LogP contribution in [0.2, 0.25) is 0 Å². The Kier molecular flexibility index (Phi) is 7.37. The smallest absolute Gasteiger partial charge is 0.307 e. The van der Waals surface area contributed by atoms with Crippen LogP contribution in [0.15, 0.2) is 89.3 Å². The fraction of sp³-hybridized carbons (Fsp3) is 0.235. The zero-order valence-corrected chi connectivity index (χ0v) is 23.5. The molecule has 4 nitrogen and oxygen atoms in total. The van der Waals surface area contributed by atoms with Gasteiger partial charge in [0.25, 0.3) is 0 Å². The zero-order valence-electron chi connectivity index (χ0n) is 22.7. The molecule has 0 spiro atoms. The largest absolute Gasteiger partial charge is 0.481 e. The van der Waals surface area contributed by atoms with Gasteiger partial charge in [-0.1, -0.05) is 94.4 Å². The predicted molar refractivity (Wildman–Crippen MR) is 161 cm³/mol. The summed E-state index contributed by atoms with van der Waals surface area (Å²) >= 11 is 1.57. The van der Waals surface area contributed by atoms with Crippen molar-refractivity contribution in [1.29, 1.82) is 0 Å². The van der Waals surface area contributed by atoms with E-state index in [2.05, 4.69) is 45.0 Å². The van der Waals surface area contributed by atoms with Crippen molar-refractivity contribution in [2.75, 3.05) is 5.75 Å². The highest BCUT2D eigenvalue weighted by molar-refractivity contribution is 7.98. The highest BCUT2D eigenvalue weighted by atomic mass is 32.2. The summed E-state index contributed by atoms with van der Waals surface area (Å²) < 4.78 is 6.32. The molecule has 0 amide bonds. The van der Waals surface area contributed by atoms with Crippen molar-refractivity contribution < 1.29 is 19.1 Å². The summed E-state index contributed by atoms with van der Waals surface area (Å²) in [5, 5.41) is 11.3. The number of fused-ring (bicyclic) bond motifs is 3. The van der Waals surface area contributed by atoms with Crippen LogP contribution in [-0.4, -0.2) is 22.6 Å². The molecule has 0 bridgehead atoms. The number of hydrogen-bond donors (Lipinski definition) is 1. The van der Waals surface area contributed by atoms with E-state index in [1.54, 1.807) is 18.7 Å². The standard InChI is InChI=1S/C34H32O4S/c1-21(33(36)37)19-39-20-22-9-7-10-23(17-22)31(35)24-15-16-25(29(18-24)34(2,3)4)27-12-8-13-28-26-11-5-6-14-30(26)38-32(27)28/h5-18,21H,19-20H2,1-4H3,(H,36,37). The van der Waals surface area contributed by atoms with Crippen molar-refractivity contribution in [2.45, 2.75) is 38.9 Å². The van der Waals surface area contributed by atoms with Gasteiger partial charge in [0.15, 0.2) is 5.78 Å². The third-order valence-corrected chi connectivity index (χ3v) is 8.30. The van der Waals surface area contributed by atoms with Gasteiger partial charge in [-0.15, -0.1) is 0 Å². The van der Waals surface area contributed by atoms with Crippen LogP contribution >= 0.6 is 11.8 Å². The summed E-state index contributed by atoms with van der Waals surface area (Å²) in [6.07, 6.45) is 0. The summed E-state index contributed by atoms with van der Waals surface area (Å²) in [5.74, 6) is -0.0330. The average Bonchev–Trinajstić information content (AvgIpc) is 3.31. The van der Waals surface area contributed by atoms with Crippen molar-refractivity contribution in [1.82, 2.24) is 0 Å². The molecule has 0 aliphatic carbocycles. The van der Waals surface area contributed by atoms with Gasteiger partial charge in [0, 0.05) is 39.0 Å². The molecule has 5 aromatic rings. The number of hydrogen-bond acceptors (Lipinski definition) is 4. The number of carboxylic acid groups (broad SMARTS) is 1. The Balaban J connectivity index is 1.50. The Morgan fingerprint density at radius 1 is 0.846 bits per heavy atom. The number of thioether (sulfide) groups is 1. The van der Waals surface area contributed by atoms with E-state index >= 15 is 0 Å². The van der Waals surface area contributed by atoms with Gasteiger partial charge in [0.05, 0.1) is 5.92 Å². The van der Waals surface area contributed by atoms with E-state index in [9.17, 15) is 9.59 Å². The van der Waals surface area contributed by atoms with Crippen molar-refractivity contribution in [3.63, 3.8) is 0 Å². The summed E-state index contributed by atoms with van der Waals surface area (Å²) in [5.41, 5.74) is 6.94. The molecule has 1 heterocycles. The molecule has 5 heteroatoms. The van der Waals surface area contributed by atoms with Crippen LogP contribution in [-0.2, 0) is 16.0 Å². The van der Waals surface area contributed by atoms with E-state index in [-0.39, 0.29) is 11.2 Å². The molecule has 1 aromatic heterocycles. The highest BCUT2D eigenvalue weighted by Crippen LogP contribution is 2.40. The first-order chi connectivity index (χ1) is 18.6. The maximum Gasteiger partial charge on any atom is 0.307 e. The minimum atomic E-state index is -0.791. The molecule has 1 N–H and O–H groups in total. The molecule has 1 atom stereocenters. The lowest BCUT2D eigenvalue weighted by Crippen LogP contribution is -2.14. The lowest BCUT2D eigenvalue weighted by molar-refractivity contribution is -0.140. The van der Waals surface area contributed by atoms with Gasteiger partial charge in [0.2, 0.25) is 0 Å². The average molecular weight is 537 g/mol. The van der Waals surface area contributed by atoms with Gasteiger partial charge < -0.3 is 9.52 Å². The normalized spacial score (nSPS) is 12.6. The molecule has 1 unspecified atom stereocenters. The lowest BCUT2D eigenvalue weighted by atomic mass is 9.80. The molecule has 4 aromatic carbocycles. The monoisotopic (exact) mass is 536 g/mol. The van der Waals surface area contributed by atoms with Gasteiger partial charge in [0.1, 0.15) is 11.2 Å². The van der Waals surface area contributed by atoms with Crippen LogP contribution in [0.25, 0.3) is 33.1 Å². The number of furan rings is 1. The summed E-state index contributed by atoms with van der Waals surface area (Å²) in [7, 11) is 0. The van der Waals surface area contributed by atoms with Crippen LogP contribution in [0.3, 0.4) is 0 Å². The Hall–Kier alpha value is -3.83. The Morgan fingerprint density at radius 2 is 1.56 bits per heavy atom. The van der Waals surface area contributed by atoms with Gasteiger partial charge in [-0.25, -0.2) is 0 Å². The van der Waals surface area contributed by atoms with Gasteiger partial charge in [-0.05, 0) is 40.3 Å². The number of aliphatic carboxylic acids is 1. The molecular weight excluding hydrogens is 504 g/mol. The number of ketones is 1. The van der Waals surface area contributed by atoms with E-state index in [0.29, 0.717) is 22.6 Å². The molecular formula is C34H32O4S. The van der Waals surface area contributed by atoms with E-state index in [1.807, 2.05) is 60.7 Å². The van der Waals surface area contributed by atoms with Gasteiger partial charge >= 0.3 is 5.97 Å². The first kappa shape index (κ1) is 26.8. The number of benzene rings is 4. The Morgan fingerprint density at radius 3 is 2.33 bits per heavy atom. The van der Waals surface area contributed by atoms with E-state index in [1.165, 1.54) is 0 Å². The first-order valence-electron chi connectivity index (χ1n) is 13.1. The fourth-order valence-corrected chi connectivity index (χ4v) is 5.92. The van der Waals surface area contributed by atoms with Gasteiger partial charge in [-0.3, -0.25) is 9.59 Å². The molecule has 0 fully saturated rings. The SMILES string of the molecule is CC(CSCc1cccc(C(=O)c2ccc(-c3cccc4c3oc3ccccc34)c(C(C)(C)C)c2)c1)C(=O)O. The molecule has 5 rings (SSSR count). The van der Waals surface area contributed by atoms with Crippen LogP contribution in [0.4, 0.5) is 0 Å². The fourth-order valence-electron chi connectivity index (χ4n) is 4.89. The molecule has 39 heavy (non-hydrogen) atoms. The second kappa shape index (κ2) is 10.7. The number of rotatable bonds is 8. The Bertz CT molecular complexity index is 1690. The van der Waals surface area contributed by atoms with E-state index in [4.69, 9.17) is 9.52 Å². The first-order valence-corrected chi connectivity index (χ1v) is 14.3. The number of carboxylic acids is 1. The summed E-state index contributed by atoms with van der Waals surface area (Å²) in [6, 6.07) is 27.9. The van der Waals surface area contributed by atoms with E-state index in [0.717, 1.165) is 44.2 Å². The zero-order chi connectivity index (χ0) is 27.7. The topological polar surface area (TPSA) is 67.5 Å². The molecule has 198 valence electrons. The number of para-hydroxylation sites is 2. The highest BCUT2D eigenvalue weighted by Gasteiger charge is 2.23. The minimum Gasteiger partial charge on any atom is -0.481 e. The third kappa shape index (κ3) is 5.50. The van der Waals surface area contributed by atoms with Crippen molar-refractivity contribution in [3.05, 3.63) is 107 Å². The maximum atomic E-state index is 13.6. The van der Waals surface area contributed by atoms with Crippen molar-refractivity contribution in [2.24, 2.45) is 5.92 Å². The maximum absolute atomic E-state index is 13.6. The molecule has 0 saturated carbocycles. The molecule has 0 aliphatic heterocycles. The van der Waals surface area contributed by atoms with Crippen LogP contribution < -0.4 is 0 Å².